The first-order valence-electron chi connectivity index (χ1n) is 4.49. The fourth-order valence-electron chi connectivity index (χ4n) is 1.42. The molecule has 15 heavy (non-hydrogen) atoms. The van der Waals surface area contributed by atoms with Crippen molar-refractivity contribution in [1.29, 1.82) is 0 Å². The molecule has 0 aromatic carbocycles. The summed E-state index contributed by atoms with van der Waals surface area (Å²) in [5.41, 5.74) is 0. The summed E-state index contributed by atoms with van der Waals surface area (Å²) in [7, 11) is 0. The van der Waals surface area contributed by atoms with Crippen LogP contribution in [0.1, 0.15) is 6.42 Å². The molecule has 1 aromatic rings. The molecule has 1 saturated heterocycles. The molecule has 1 amide bonds. The van der Waals surface area contributed by atoms with Gasteiger partial charge in [-0.2, -0.15) is 0 Å². The maximum Gasteiger partial charge on any atom is 0.222 e. The van der Waals surface area contributed by atoms with Crippen LogP contribution in [-0.2, 0) is 4.79 Å². The summed E-state index contributed by atoms with van der Waals surface area (Å²) in [4.78, 5) is 15.1. The van der Waals surface area contributed by atoms with Gasteiger partial charge in [0.1, 0.15) is 5.82 Å². The van der Waals surface area contributed by atoms with Crippen LogP contribution in [0.2, 0.25) is 5.02 Å². The number of carbonyl (C=O) groups is 1. The van der Waals surface area contributed by atoms with E-state index in [4.69, 9.17) is 11.6 Å². The number of anilines is 1. The summed E-state index contributed by atoms with van der Waals surface area (Å²) in [6.07, 6.45) is 2.05. The fraction of sp³-hybridized carbons (Fsp3) is 0.333. The van der Waals surface area contributed by atoms with Crippen LogP contribution in [-0.4, -0.2) is 23.5 Å². The lowest BCUT2D eigenvalue weighted by Gasteiger charge is -2.12. The zero-order chi connectivity index (χ0) is 10.8. The van der Waals surface area contributed by atoms with E-state index < -0.39 is 0 Å². The highest BCUT2D eigenvalue weighted by Crippen LogP contribution is 2.24. The second-order valence-electron chi connectivity index (χ2n) is 3.33. The van der Waals surface area contributed by atoms with Crippen molar-refractivity contribution < 1.29 is 4.79 Å². The van der Waals surface area contributed by atoms with E-state index >= 15 is 0 Å². The predicted octanol–water partition coefficient (Wildman–Crippen LogP) is 1.80. The van der Waals surface area contributed by atoms with E-state index in [0.717, 1.165) is 4.47 Å². The smallest absolute Gasteiger partial charge is 0.222 e. The molecule has 1 fully saturated rings. The molecule has 0 bridgehead atoms. The molecule has 1 aliphatic heterocycles. The number of amides is 1. The van der Waals surface area contributed by atoms with Crippen molar-refractivity contribution in [3.8, 4) is 0 Å². The highest BCUT2D eigenvalue weighted by atomic mass is 79.9. The summed E-state index contributed by atoms with van der Waals surface area (Å²) in [6.45, 7) is 0.635. The molecule has 0 spiro atoms. The van der Waals surface area contributed by atoms with Gasteiger partial charge in [0.15, 0.2) is 0 Å². The van der Waals surface area contributed by atoms with E-state index in [0.29, 0.717) is 23.8 Å². The van der Waals surface area contributed by atoms with Crippen LogP contribution in [0.3, 0.4) is 0 Å². The van der Waals surface area contributed by atoms with Gasteiger partial charge in [-0.05, 0) is 22.0 Å². The van der Waals surface area contributed by atoms with Crippen LogP contribution in [0.4, 0.5) is 5.82 Å². The molecule has 1 atom stereocenters. The molecule has 80 valence electrons. The van der Waals surface area contributed by atoms with Crippen molar-refractivity contribution in [2.75, 3.05) is 11.9 Å². The first-order valence-corrected chi connectivity index (χ1v) is 5.66. The van der Waals surface area contributed by atoms with Crippen LogP contribution in [0.15, 0.2) is 16.7 Å². The Kier molecular flexibility index (Phi) is 3.11. The third-order valence-electron chi connectivity index (χ3n) is 2.13. The third-order valence-corrected chi connectivity index (χ3v) is 2.94. The Labute approximate surface area is 101 Å². The second kappa shape index (κ2) is 4.37. The van der Waals surface area contributed by atoms with Crippen molar-refractivity contribution in [3.05, 3.63) is 21.8 Å². The molecule has 4 nitrogen and oxygen atoms in total. The minimum absolute atomic E-state index is 0.0672. The van der Waals surface area contributed by atoms with E-state index in [1.165, 1.54) is 0 Å². The van der Waals surface area contributed by atoms with Gasteiger partial charge in [-0.15, -0.1) is 0 Å². The molecule has 0 aliphatic carbocycles. The van der Waals surface area contributed by atoms with Crippen LogP contribution in [0.5, 0.6) is 0 Å². The van der Waals surface area contributed by atoms with Crippen molar-refractivity contribution in [2.24, 2.45) is 0 Å². The average molecular weight is 291 g/mol. The van der Waals surface area contributed by atoms with Crippen LogP contribution >= 0.6 is 27.5 Å². The quantitative estimate of drug-likeness (QED) is 0.873. The van der Waals surface area contributed by atoms with E-state index in [1.54, 1.807) is 12.3 Å². The van der Waals surface area contributed by atoms with E-state index in [2.05, 4.69) is 31.5 Å². The number of aromatic nitrogens is 1. The van der Waals surface area contributed by atoms with Gasteiger partial charge in [-0.1, -0.05) is 11.6 Å². The molecule has 2 heterocycles. The van der Waals surface area contributed by atoms with Gasteiger partial charge >= 0.3 is 0 Å². The van der Waals surface area contributed by atoms with Crippen LogP contribution in [0.25, 0.3) is 0 Å². The molecule has 1 aliphatic rings. The van der Waals surface area contributed by atoms with E-state index in [-0.39, 0.29) is 11.9 Å². The Hall–Kier alpha value is -0.810. The minimum atomic E-state index is 0.0672. The molecule has 1 aromatic heterocycles. The number of nitrogens with one attached hydrogen (secondary N) is 2. The molecule has 2 N–H and O–H groups in total. The van der Waals surface area contributed by atoms with Crippen molar-refractivity contribution in [2.45, 2.75) is 12.5 Å². The highest BCUT2D eigenvalue weighted by Gasteiger charge is 2.21. The lowest BCUT2D eigenvalue weighted by molar-refractivity contribution is -0.119. The van der Waals surface area contributed by atoms with Gasteiger partial charge in [0.25, 0.3) is 0 Å². The van der Waals surface area contributed by atoms with Gasteiger partial charge in [-0.3, -0.25) is 4.79 Å². The Morgan fingerprint density at radius 1 is 1.67 bits per heavy atom. The third kappa shape index (κ3) is 2.60. The average Bonchev–Trinajstić information content (AvgIpc) is 2.56. The molecule has 6 heteroatoms. The molecule has 0 radical (unpaired) electrons. The fourth-order valence-corrected chi connectivity index (χ4v) is 2.17. The maximum absolute atomic E-state index is 11.0. The Balaban J connectivity index is 2.07. The highest BCUT2D eigenvalue weighted by molar-refractivity contribution is 9.10. The minimum Gasteiger partial charge on any atom is -0.364 e. The molecular formula is C9H9BrClN3O. The van der Waals surface area contributed by atoms with Gasteiger partial charge in [0, 0.05) is 19.2 Å². The number of hydrogen-bond acceptors (Lipinski definition) is 3. The van der Waals surface area contributed by atoms with Gasteiger partial charge in [0.05, 0.1) is 15.5 Å². The summed E-state index contributed by atoms with van der Waals surface area (Å²) < 4.78 is 0.800. The largest absolute Gasteiger partial charge is 0.364 e. The predicted molar refractivity (Wildman–Crippen MR) is 62.0 cm³/mol. The zero-order valence-electron chi connectivity index (χ0n) is 7.76. The number of nitrogens with zero attached hydrogens (tertiary/aromatic N) is 1. The summed E-state index contributed by atoms with van der Waals surface area (Å²) in [5.74, 6) is 0.776. The maximum atomic E-state index is 11.0. The summed E-state index contributed by atoms with van der Waals surface area (Å²) in [6, 6.07) is 1.86. The number of halogens is 2. The first-order chi connectivity index (χ1) is 7.15. The van der Waals surface area contributed by atoms with Gasteiger partial charge in [0.2, 0.25) is 5.91 Å². The van der Waals surface area contributed by atoms with Crippen molar-refractivity contribution in [1.82, 2.24) is 10.3 Å². The summed E-state index contributed by atoms with van der Waals surface area (Å²) >= 11 is 9.12. The molecular weight excluding hydrogens is 281 g/mol. The number of hydrogen-bond donors (Lipinski definition) is 2. The van der Waals surface area contributed by atoms with Crippen molar-refractivity contribution >= 4 is 39.3 Å². The lowest BCUT2D eigenvalue weighted by Crippen LogP contribution is -2.23. The van der Waals surface area contributed by atoms with E-state index in [9.17, 15) is 4.79 Å². The van der Waals surface area contributed by atoms with Crippen LogP contribution in [0, 0.1) is 0 Å². The van der Waals surface area contributed by atoms with Gasteiger partial charge in [-0.25, -0.2) is 4.98 Å². The lowest BCUT2D eigenvalue weighted by atomic mass is 10.2. The Morgan fingerprint density at radius 2 is 2.47 bits per heavy atom. The number of carbonyl (C=O) groups excluding carboxylic acids is 1. The monoisotopic (exact) mass is 289 g/mol. The zero-order valence-corrected chi connectivity index (χ0v) is 10.1. The first kappa shape index (κ1) is 10.7. The Morgan fingerprint density at radius 3 is 3.07 bits per heavy atom. The molecule has 1 unspecified atom stereocenters. The summed E-state index contributed by atoms with van der Waals surface area (Å²) in [5, 5.41) is 6.49. The standard InChI is InChI=1S/C9H9BrClN3O/c10-7-1-5(11)3-13-9(7)14-6-2-8(15)12-4-6/h1,3,6H,2,4H2,(H,12,15)(H,13,14). The van der Waals surface area contributed by atoms with Gasteiger partial charge < -0.3 is 10.6 Å². The van der Waals surface area contributed by atoms with Crippen LogP contribution < -0.4 is 10.6 Å². The van der Waals surface area contributed by atoms with Crippen molar-refractivity contribution in [3.63, 3.8) is 0 Å². The number of rotatable bonds is 2. The normalized spacial score (nSPS) is 20.1. The molecule has 2 rings (SSSR count). The van der Waals surface area contributed by atoms with E-state index in [1.807, 2.05) is 0 Å². The molecule has 0 saturated carbocycles. The number of pyridine rings is 1. The topological polar surface area (TPSA) is 54.0 Å². The Bertz CT molecular complexity index is 399. The second-order valence-corrected chi connectivity index (χ2v) is 4.62. The SMILES string of the molecule is O=C1CC(Nc2ncc(Cl)cc2Br)CN1.